The number of benzene rings is 2. The quantitative estimate of drug-likeness (QED) is 0.231. The number of nitrogens with one attached hydrogen (secondary N) is 1. The Hall–Kier alpha value is -5.00. The third-order valence-electron chi connectivity index (χ3n) is 7.60. The molecule has 2 aromatic carbocycles. The lowest BCUT2D eigenvalue weighted by Gasteiger charge is -2.38. The zero-order valence-corrected chi connectivity index (χ0v) is 24.4. The Morgan fingerprint density at radius 1 is 1.08 bits per heavy atom. The summed E-state index contributed by atoms with van der Waals surface area (Å²) in [6.07, 6.45) is -7.94. The molecule has 18 heteroatoms. The summed E-state index contributed by atoms with van der Waals surface area (Å²) in [7, 11) is 1.04. The number of hydrogen-bond donors (Lipinski definition) is 2. The molecule has 2 atom stereocenters. The van der Waals surface area contributed by atoms with Crippen LogP contribution in [0.25, 0.3) is 16.8 Å². The number of ether oxygens (including phenoxy) is 2. The number of carboxylic acid groups (broad SMARTS) is 1. The molecule has 1 amide bonds. The fourth-order valence-electron chi connectivity index (χ4n) is 5.44. The second kappa shape index (κ2) is 12.9. The van der Waals surface area contributed by atoms with Crippen molar-refractivity contribution in [3.8, 4) is 16.9 Å². The van der Waals surface area contributed by atoms with Crippen molar-refractivity contribution in [1.82, 2.24) is 14.7 Å². The smallest absolute Gasteiger partial charge is 0.417 e. The van der Waals surface area contributed by atoms with Gasteiger partial charge in [0.2, 0.25) is 0 Å². The fraction of sp³-hybridized carbons (Fsp3) is 0.300. The Morgan fingerprint density at radius 2 is 1.77 bits per heavy atom. The molecule has 0 radical (unpaired) electrons. The Balaban J connectivity index is 1.45. The fourth-order valence-corrected chi connectivity index (χ4v) is 5.44. The largest absolute Gasteiger partial charge is 0.496 e. The van der Waals surface area contributed by atoms with Gasteiger partial charge in [-0.25, -0.2) is 22.9 Å². The average molecular weight is 691 g/mol. The van der Waals surface area contributed by atoms with Crippen molar-refractivity contribution in [1.29, 1.82) is 0 Å². The van der Waals surface area contributed by atoms with E-state index < -0.39 is 94.9 Å². The normalized spacial score (nSPS) is 16.2. The summed E-state index contributed by atoms with van der Waals surface area (Å²) in [4.78, 5) is 29.8. The van der Waals surface area contributed by atoms with Crippen molar-refractivity contribution in [3.63, 3.8) is 0 Å². The molecule has 1 aliphatic rings. The van der Waals surface area contributed by atoms with Crippen molar-refractivity contribution in [2.45, 2.75) is 30.9 Å². The predicted molar refractivity (Wildman–Crippen MR) is 149 cm³/mol. The highest BCUT2D eigenvalue weighted by atomic mass is 19.4. The third-order valence-corrected chi connectivity index (χ3v) is 7.60. The number of morpholine rings is 1. The highest BCUT2D eigenvalue weighted by Gasteiger charge is 2.46. The lowest BCUT2D eigenvalue weighted by molar-refractivity contribution is -0.167. The molecule has 48 heavy (non-hydrogen) atoms. The topological polar surface area (TPSA) is 105 Å². The molecule has 0 unspecified atom stereocenters. The van der Waals surface area contributed by atoms with Gasteiger partial charge < -0.3 is 29.2 Å². The van der Waals surface area contributed by atoms with Crippen LogP contribution in [0.3, 0.4) is 0 Å². The number of carbonyl (C=O) groups excluding carboxylic acids is 1. The van der Waals surface area contributed by atoms with Crippen LogP contribution in [0.1, 0.15) is 21.6 Å². The maximum Gasteiger partial charge on any atom is 0.417 e. The summed E-state index contributed by atoms with van der Waals surface area (Å²) in [6, 6.07) is 0.348. The second-order valence-electron chi connectivity index (χ2n) is 10.6. The highest BCUT2D eigenvalue weighted by molar-refractivity contribution is 5.97. The number of alkyl halides is 6. The molecular formula is C30H23F9N4O5. The third kappa shape index (κ3) is 6.69. The van der Waals surface area contributed by atoms with E-state index in [0.717, 1.165) is 19.2 Å². The van der Waals surface area contributed by atoms with Gasteiger partial charge in [0.15, 0.2) is 0 Å². The van der Waals surface area contributed by atoms with Gasteiger partial charge in [-0.2, -0.15) is 26.3 Å². The Kier molecular flexibility index (Phi) is 9.22. The lowest BCUT2D eigenvalue weighted by atomic mass is 9.97. The van der Waals surface area contributed by atoms with Gasteiger partial charge in [-0.05, 0) is 30.3 Å². The second-order valence-corrected chi connectivity index (χ2v) is 10.6. The first-order valence-corrected chi connectivity index (χ1v) is 13.8. The summed E-state index contributed by atoms with van der Waals surface area (Å²) in [6.45, 7) is -1.31. The van der Waals surface area contributed by atoms with Gasteiger partial charge in [-0.15, -0.1) is 0 Å². The van der Waals surface area contributed by atoms with Crippen LogP contribution in [0, 0.1) is 17.5 Å². The SMILES string of the molecule is COc1cc(F)cc(C(F)(F)F)c1-c1ccc(C[C@H](NC(=O)c2c(F)cc(N3CCOC[C@@H]3C(F)(F)F)cc2F)C(=O)O)n2ccnc12. The Labute approximate surface area is 264 Å². The van der Waals surface area contributed by atoms with Gasteiger partial charge in [0.25, 0.3) is 5.91 Å². The van der Waals surface area contributed by atoms with E-state index in [4.69, 9.17) is 9.47 Å². The molecule has 4 aromatic rings. The van der Waals surface area contributed by atoms with E-state index >= 15 is 8.78 Å². The van der Waals surface area contributed by atoms with Gasteiger partial charge in [0, 0.05) is 53.9 Å². The minimum Gasteiger partial charge on any atom is -0.496 e. The molecule has 1 saturated heterocycles. The van der Waals surface area contributed by atoms with Crippen LogP contribution in [0.5, 0.6) is 5.75 Å². The molecule has 9 nitrogen and oxygen atoms in total. The minimum absolute atomic E-state index is 0.0652. The number of carboxylic acids is 1. The lowest BCUT2D eigenvalue weighted by Crippen LogP contribution is -2.53. The number of nitrogens with zero attached hydrogens (tertiary/aromatic N) is 3. The number of pyridine rings is 1. The first-order chi connectivity index (χ1) is 22.5. The van der Waals surface area contributed by atoms with Crippen LogP contribution in [0.15, 0.2) is 48.8 Å². The molecule has 0 bridgehead atoms. The van der Waals surface area contributed by atoms with E-state index in [9.17, 15) is 45.4 Å². The number of hydrogen-bond acceptors (Lipinski definition) is 6. The van der Waals surface area contributed by atoms with Crippen LogP contribution < -0.4 is 15.0 Å². The molecular weight excluding hydrogens is 667 g/mol. The van der Waals surface area contributed by atoms with Gasteiger partial charge in [-0.1, -0.05) is 0 Å². The Bertz CT molecular complexity index is 1850. The van der Waals surface area contributed by atoms with Crippen LogP contribution in [0.4, 0.5) is 45.2 Å². The number of anilines is 1. The van der Waals surface area contributed by atoms with Crippen LogP contribution in [-0.4, -0.2) is 71.5 Å². The zero-order valence-electron chi connectivity index (χ0n) is 24.4. The number of aliphatic carboxylic acids is 1. The molecule has 1 aliphatic heterocycles. The van der Waals surface area contributed by atoms with E-state index in [1.807, 2.05) is 5.32 Å². The van der Waals surface area contributed by atoms with Crippen molar-refractivity contribution in [3.05, 3.63) is 83.1 Å². The highest BCUT2D eigenvalue weighted by Crippen LogP contribution is 2.44. The number of amides is 1. The summed E-state index contributed by atoms with van der Waals surface area (Å²) >= 11 is 0. The van der Waals surface area contributed by atoms with Crippen molar-refractivity contribution < 1.29 is 63.7 Å². The van der Waals surface area contributed by atoms with Gasteiger partial charge >= 0.3 is 18.3 Å². The first kappa shape index (κ1) is 34.3. The maximum atomic E-state index is 15.1. The number of fused-ring (bicyclic) bond motifs is 1. The number of carbonyl (C=O) groups is 2. The molecule has 1 fully saturated rings. The number of methoxy groups -OCH3 is 1. The molecule has 0 saturated carbocycles. The van der Waals surface area contributed by atoms with Gasteiger partial charge in [-0.3, -0.25) is 4.79 Å². The van der Waals surface area contributed by atoms with E-state index in [2.05, 4.69) is 4.98 Å². The van der Waals surface area contributed by atoms with Crippen molar-refractivity contribution >= 4 is 23.2 Å². The Morgan fingerprint density at radius 3 is 2.38 bits per heavy atom. The average Bonchev–Trinajstić information content (AvgIpc) is 3.50. The van der Waals surface area contributed by atoms with E-state index in [-0.39, 0.29) is 36.1 Å². The van der Waals surface area contributed by atoms with Crippen molar-refractivity contribution in [2.75, 3.05) is 31.8 Å². The number of halogens is 9. The molecule has 2 N–H and O–H groups in total. The molecule has 2 aromatic heterocycles. The first-order valence-electron chi connectivity index (χ1n) is 13.8. The number of aromatic nitrogens is 2. The zero-order chi connectivity index (χ0) is 35.1. The van der Waals surface area contributed by atoms with Crippen LogP contribution >= 0.6 is 0 Å². The molecule has 3 heterocycles. The van der Waals surface area contributed by atoms with Gasteiger partial charge in [0.1, 0.15) is 46.5 Å². The van der Waals surface area contributed by atoms with E-state index in [1.165, 1.54) is 22.9 Å². The summed E-state index contributed by atoms with van der Waals surface area (Å²) in [5.41, 5.74) is -3.93. The van der Waals surface area contributed by atoms with E-state index in [1.54, 1.807) is 0 Å². The van der Waals surface area contributed by atoms with Crippen LogP contribution in [-0.2, 0) is 22.1 Å². The monoisotopic (exact) mass is 690 g/mol. The molecule has 0 aliphatic carbocycles. The van der Waals surface area contributed by atoms with Crippen LogP contribution in [0.2, 0.25) is 0 Å². The molecule has 256 valence electrons. The summed E-state index contributed by atoms with van der Waals surface area (Å²) in [5.74, 6) is -8.01. The van der Waals surface area contributed by atoms with Crippen molar-refractivity contribution in [2.24, 2.45) is 0 Å². The number of rotatable bonds is 8. The summed E-state index contributed by atoms with van der Waals surface area (Å²) < 4.78 is 138. The molecule has 5 rings (SSSR count). The van der Waals surface area contributed by atoms with E-state index in [0.29, 0.717) is 17.0 Å². The number of imidazole rings is 1. The molecule has 0 spiro atoms. The minimum atomic E-state index is -5.02. The predicted octanol–water partition coefficient (Wildman–Crippen LogP) is 5.64. The standard InChI is InChI=1S/C30H23F9N4O5/c1-47-22-9-14(31)8-18(29(34,35)36)24(22)17-3-2-15(43-5-4-40-26(17)43)12-21(28(45)46)41-27(44)25-19(32)10-16(11-20(25)33)42-6-7-48-13-23(42)30(37,38)39/h2-5,8-11,21,23H,6-7,12-13H2,1H3,(H,41,44)(H,45,46)/t21-,23+/m0/s1. The maximum absolute atomic E-state index is 15.1. The van der Waals surface area contributed by atoms with Gasteiger partial charge in [0.05, 0.1) is 25.9 Å². The summed E-state index contributed by atoms with van der Waals surface area (Å²) in [5, 5.41) is 11.8.